The van der Waals surface area contributed by atoms with Crippen molar-refractivity contribution in [3.63, 3.8) is 0 Å². The van der Waals surface area contributed by atoms with Crippen LogP contribution in [0.2, 0.25) is 0 Å². The molecule has 8 heteroatoms. The smallest absolute Gasteiger partial charge is 0.245 e. The molecule has 0 saturated heterocycles. The van der Waals surface area contributed by atoms with Crippen LogP contribution in [0.5, 0.6) is 5.75 Å². The average molecular weight is 395 g/mol. The Balaban J connectivity index is 2.23. The van der Waals surface area contributed by atoms with Gasteiger partial charge in [-0.15, -0.1) is 11.8 Å². The number of sulfonamides is 1. The molecule has 2 aromatic carbocycles. The molecule has 2 aromatic rings. The van der Waals surface area contributed by atoms with Gasteiger partial charge in [0.15, 0.2) is 0 Å². The van der Waals surface area contributed by atoms with Crippen LogP contribution in [-0.4, -0.2) is 40.0 Å². The summed E-state index contributed by atoms with van der Waals surface area (Å²) < 4.78 is 30.9. The Kier molecular flexibility index (Phi) is 6.93. The van der Waals surface area contributed by atoms with Crippen LogP contribution in [0.25, 0.3) is 0 Å². The Morgan fingerprint density at radius 3 is 2.58 bits per heavy atom. The monoisotopic (exact) mass is 394 g/mol. The first kappa shape index (κ1) is 20.1. The molecule has 0 aromatic heterocycles. The summed E-state index contributed by atoms with van der Waals surface area (Å²) in [5.74, 6) is 0.130. The standard InChI is InChI=1S/C18H22N2O4S2/c1-4-24-15-9-7-8-14(12-15)20(26(3,22)23)13-18(21)19-16-10-5-6-11-17(16)25-2/h5-12H,4,13H2,1-3H3,(H,19,21). The van der Waals surface area contributed by atoms with Gasteiger partial charge in [-0.1, -0.05) is 18.2 Å². The van der Waals surface area contributed by atoms with E-state index in [1.165, 1.54) is 11.8 Å². The average Bonchev–Trinajstić information content (AvgIpc) is 2.60. The maximum absolute atomic E-state index is 12.5. The second-order valence-electron chi connectivity index (χ2n) is 5.45. The molecule has 0 aliphatic carbocycles. The number of rotatable bonds is 8. The summed E-state index contributed by atoms with van der Waals surface area (Å²) in [4.78, 5) is 13.4. The molecule has 1 N–H and O–H groups in total. The molecule has 0 spiro atoms. The molecule has 0 atom stereocenters. The van der Waals surface area contributed by atoms with E-state index in [2.05, 4.69) is 5.32 Å². The van der Waals surface area contributed by atoms with Gasteiger partial charge in [-0.2, -0.15) is 0 Å². The molecule has 0 unspecified atom stereocenters. The predicted molar refractivity (Wildman–Crippen MR) is 107 cm³/mol. The van der Waals surface area contributed by atoms with Gasteiger partial charge in [-0.25, -0.2) is 8.42 Å². The van der Waals surface area contributed by atoms with E-state index in [9.17, 15) is 13.2 Å². The van der Waals surface area contributed by atoms with Crippen LogP contribution in [0, 0.1) is 0 Å². The summed E-state index contributed by atoms with van der Waals surface area (Å²) in [5, 5.41) is 2.78. The molecular formula is C18H22N2O4S2. The van der Waals surface area contributed by atoms with Crippen LogP contribution < -0.4 is 14.4 Å². The van der Waals surface area contributed by atoms with Gasteiger partial charge in [0.1, 0.15) is 12.3 Å². The van der Waals surface area contributed by atoms with Gasteiger partial charge in [0.05, 0.1) is 24.2 Å². The number of anilines is 2. The van der Waals surface area contributed by atoms with E-state index in [4.69, 9.17) is 4.74 Å². The maximum Gasteiger partial charge on any atom is 0.245 e. The summed E-state index contributed by atoms with van der Waals surface area (Å²) in [5.41, 5.74) is 1.04. The molecular weight excluding hydrogens is 372 g/mol. The maximum atomic E-state index is 12.5. The topological polar surface area (TPSA) is 75.7 Å². The number of benzene rings is 2. The normalized spacial score (nSPS) is 11.0. The van der Waals surface area contributed by atoms with Crippen molar-refractivity contribution in [2.45, 2.75) is 11.8 Å². The van der Waals surface area contributed by atoms with Gasteiger partial charge in [-0.3, -0.25) is 9.10 Å². The van der Waals surface area contributed by atoms with Crippen LogP contribution in [-0.2, 0) is 14.8 Å². The fourth-order valence-corrected chi connectivity index (χ4v) is 3.77. The van der Waals surface area contributed by atoms with Crippen molar-refractivity contribution < 1.29 is 17.9 Å². The largest absolute Gasteiger partial charge is 0.494 e. The fraction of sp³-hybridized carbons (Fsp3) is 0.278. The number of para-hydroxylation sites is 1. The Bertz CT molecular complexity index is 869. The lowest BCUT2D eigenvalue weighted by atomic mass is 10.3. The molecule has 0 saturated carbocycles. The number of carbonyl (C=O) groups is 1. The summed E-state index contributed by atoms with van der Waals surface area (Å²) in [6.45, 7) is 1.99. The molecule has 140 valence electrons. The Labute approximate surface area is 158 Å². The van der Waals surface area contributed by atoms with Crippen LogP contribution in [0.4, 0.5) is 11.4 Å². The summed E-state index contributed by atoms with van der Waals surface area (Å²) in [6, 6.07) is 14.0. The van der Waals surface area contributed by atoms with Gasteiger partial charge < -0.3 is 10.1 Å². The van der Waals surface area contributed by atoms with Gasteiger partial charge >= 0.3 is 0 Å². The molecule has 0 fully saturated rings. The van der Waals surface area contributed by atoms with Gasteiger partial charge in [0, 0.05) is 11.0 Å². The quantitative estimate of drug-likeness (QED) is 0.696. The van der Waals surface area contributed by atoms with Gasteiger partial charge in [0.2, 0.25) is 15.9 Å². The van der Waals surface area contributed by atoms with Crippen molar-refractivity contribution in [1.82, 2.24) is 0 Å². The zero-order valence-electron chi connectivity index (χ0n) is 14.9. The second-order valence-corrected chi connectivity index (χ2v) is 8.20. The highest BCUT2D eigenvalue weighted by Gasteiger charge is 2.21. The molecule has 0 heterocycles. The lowest BCUT2D eigenvalue weighted by molar-refractivity contribution is -0.114. The third-order valence-electron chi connectivity index (χ3n) is 3.49. The number of nitrogens with zero attached hydrogens (tertiary/aromatic N) is 1. The minimum Gasteiger partial charge on any atom is -0.494 e. The first-order valence-electron chi connectivity index (χ1n) is 7.98. The molecule has 0 aliphatic rings. The SMILES string of the molecule is CCOc1cccc(N(CC(=O)Nc2ccccc2SC)S(C)(=O)=O)c1. The first-order chi connectivity index (χ1) is 12.3. The highest BCUT2D eigenvalue weighted by Crippen LogP contribution is 2.26. The van der Waals surface area contributed by atoms with Crippen LogP contribution in [0.1, 0.15) is 6.92 Å². The summed E-state index contributed by atoms with van der Waals surface area (Å²) in [6.07, 6.45) is 2.98. The Morgan fingerprint density at radius 1 is 1.19 bits per heavy atom. The number of nitrogens with one attached hydrogen (secondary N) is 1. The van der Waals surface area contributed by atoms with Gasteiger partial charge in [0.25, 0.3) is 0 Å². The second kappa shape index (κ2) is 8.95. The lowest BCUT2D eigenvalue weighted by Crippen LogP contribution is -2.37. The first-order valence-corrected chi connectivity index (χ1v) is 11.1. The molecule has 2 rings (SSSR count). The van der Waals surface area contributed by atoms with Crippen LogP contribution in [0.3, 0.4) is 0 Å². The number of thioether (sulfide) groups is 1. The number of amides is 1. The van der Waals surface area contributed by atoms with Crippen molar-refractivity contribution in [2.75, 3.05) is 35.3 Å². The minimum atomic E-state index is -3.64. The molecule has 0 radical (unpaired) electrons. The molecule has 0 bridgehead atoms. The van der Waals surface area contributed by atoms with E-state index in [1.807, 2.05) is 31.4 Å². The third kappa shape index (κ3) is 5.40. The minimum absolute atomic E-state index is 0.322. The zero-order chi connectivity index (χ0) is 19.2. The van der Waals surface area contributed by atoms with Crippen LogP contribution in [0.15, 0.2) is 53.4 Å². The van der Waals surface area contributed by atoms with Crippen molar-refractivity contribution in [2.24, 2.45) is 0 Å². The molecule has 26 heavy (non-hydrogen) atoms. The van der Waals surface area contributed by atoms with Crippen molar-refractivity contribution in [3.05, 3.63) is 48.5 Å². The highest BCUT2D eigenvalue weighted by molar-refractivity contribution is 7.98. The van der Waals surface area contributed by atoms with Crippen LogP contribution >= 0.6 is 11.8 Å². The number of carbonyl (C=O) groups excluding carboxylic acids is 1. The Hall–Kier alpha value is -2.19. The summed E-state index contributed by atoms with van der Waals surface area (Å²) >= 11 is 1.50. The van der Waals surface area contributed by atoms with Crippen molar-refractivity contribution >= 4 is 39.1 Å². The number of ether oxygens (including phenoxy) is 1. The lowest BCUT2D eigenvalue weighted by Gasteiger charge is -2.22. The van der Waals surface area contributed by atoms with Crippen molar-refractivity contribution in [3.8, 4) is 5.75 Å². The van der Waals surface area contributed by atoms with E-state index < -0.39 is 15.9 Å². The third-order valence-corrected chi connectivity index (χ3v) is 5.42. The van der Waals surface area contributed by atoms with E-state index >= 15 is 0 Å². The van der Waals surface area contributed by atoms with E-state index in [-0.39, 0.29) is 6.54 Å². The Morgan fingerprint density at radius 2 is 1.92 bits per heavy atom. The fourth-order valence-electron chi connectivity index (χ4n) is 2.36. The van der Waals surface area contributed by atoms with E-state index in [1.54, 1.807) is 30.3 Å². The number of hydrogen-bond acceptors (Lipinski definition) is 5. The van der Waals surface area contributed by atoms with Crippen molar-refractivity contribution in [1.29, 1.82) is 0 Å². The summed E-state index contributed by atoms with van der Waals surface area (Å²) in [7, 11) is -3.64. The highest BCUT2D eigenvalue weighted by atomic mass is 32.2. The number of hydrogen-bond donors (Lipinski definition) is 1. The molecule has 0 aliphatic heterocycles. The van der Waals surface area contributed by atoms with Gasteiger partial charge in [-0.05, 0) is 37.4 Å². The molecule has 6 nitrogen and oxygen atoms in total. The predicted octanol–water partition coefficient (Wildman–Crippen LogP) is 3.21. The van der Waals surface area contributed by atoms with E-state index in [0.29, 0.717) is 23.7 Å². The molecule has 1 amide bonds. The zero-order valence-corrected chi connectivity index (χ0v) is 16.6. The van der Waals surface area contributed by atoms with E-state index in [0.717, 1.165) is 15.5 Å².